The van der Waals surface area contributed by atoms with Gasteiger partial charge in [0.05, 0.1) is 0 Å². The zero-order valence-corrected chi connectivity index (χ0v) is 10.0. The van der Waals surface area contributed by atoms with Gasteiger partial charge in [-0.05, 0) is 44.7 Å². The predicted octanol–water partition coefficient (Wildman–Crippen LogP) is 4.75. The fraction of sp³-hybridized carbons (Fsp3) is 0.333. The molecule has 0 saturated carbocycles. The molecule has 15 heavy (non-hydrogen) atoms. The van der Waals surface area contributed by atoms with E-state index in [1.807, 2.05) is 0 Å². The van der Waals surface area contributed by atoms with Crippen LogP contribution in [0.4, 0.5) is 0 Å². The summed E-state index contributed by atoms with van der Waals surface area (Å²) in [4.78, 5) is 0. The summed E-state index contributed by atoms with van der Waals surface area (Å²) in [6.45, 7) is 10.3. The van der Waals surface area contributed by atoms with E-state index in [9.17, 15) is 0 Å². The molecule has 1 aromatic carbocycles. The molecule has 0 fully saturated rings. The number of rotatable bonds is 4. The number of hydrogen-bond donors (Lipinski definition) is 0. The van der Waals surface area contributed by atoms with Gasteiger partial charge in [0.2, 0.25) is 0 Å². The summed E-state index contributed by atoms with van der Waals surface area (Å²) in [5, 5.41) is 0. The minimum atomic E-state index is 1.09. The summed E-state index contributed by atoms with van der Waals surface area (Å²) in [7, 11) is 0. The summed E-state index contributed by atoms with van der Waals surface area (Å²) in [6.07, 6.45) is 4.47. The van der Waals surface area contributed by atoms with Crippen molar-refractivity contribution in [3.8, 4) is 0 Å². The zero-order chi connectivity index (χ0) is 11.3. The van der Waals surface area contributed by atoms with Crippen molar-refractivity contribution < 1.29 is 0 Å². The lowest BCUT2D eigenvalue weighted by Gasteiger charge is -2.02. The number of hydrogen-bond acceptors (Lipinski definition) is 0. The molecule has 1 aromatic rings. The second-order valence-electron chi connectivity index (χ2n) is 4.25. The first-order chi connectivity index (χ1) is 7.09. The summed E-state index contributed by atoms with van der Waals surface area (Å²) in [6, 6.07) is 8.68. The molecule has 0 spiro atoms. The molecule has 80 valence electrons. The van der Waals surface area contributed by atoms with Crippen LogP contribution in [0.15, 0.2) is 42.5 Å². The standard InChI is InChI=1S/C15H20/c1-12(2)6-5-7-14(4)15-10-8-13(3)9-11-15/h7-11H,1,5-6H2,2-4H3/b14-7-. The lowest BCUT2D eigenvalue weighted by Crippen LogP contribution is -1.81. The predicted molar refractivity (Wildman–Crippen MR) is 68.9 cm³/mol. The van der Waals surface area contributed by atoms with Gasteiger partial charge in [0.1, 0.15) is 0 Å². The number of benzene rings is 1. The smallest absolute Gasteiger partial charge is 0.0230 e. The van der Waals surface area contributed by atoms with Crippen LogP contribution in [-0.4, -0.2) is 0 Å². The molecule has 0 bridgehead atoms. The largest absolute Gasteiger partial charge is 0.100 e. The molecule has 0 saturated heterocycles. The van der Waals surface area contributed by atoms with Crippen molar-refractivity contribution in [2.75, 3.05) is 0 Å². The van der Waals surface area contributed by atoms with Crippen LogP contribution in [0.25, 0.3) is 5.57 Å². The maximum Gasteiger partial charge on any atom is -0.0230 e. The maximum atomic E-state index is 3.91. The van der Waals surface area contributed by atoms with Crippen LogP contribution in [0, 0.1) is 6.92 Å². The minimum Gasteiger partial charge on any atom is -0.100 e. The van der Waals surface area contributed by atoms with Crippen molar-refractivity contribution in [1.29, 1.82) is 0 Å². The molecule has 1 rings (SSSR count). The molecule has 0 heteroatoms. The van der Waals surface area contributed by atoms with Gasteiger partial charge in [-0.1, -0.05) is 41.5 Å². The summed E-state index contributed by atoms with van der Waals surface area (Å²) in [5.74, 6) is 0. The Morgan fingerprint density at radius 3 is 2.33 bits per heavy atom. The molecule has 0 amide bonds. The Morgan fingerprint density at radius 2 is 1.80 bits per heavy atom. The molecule has 0 radical (unpaired) electrons. The van der Waals surface area contributed by atoms with Gasteiger partial charge in [-0.15, -0.1) is 6.58 Å². The minimum absolute atomic E-state index is 1.09. The van der Waals surface area contributed by atoms with Crippen molar-refractivity contribution >= 4 is 5.57 Å². The van der Waals surface area contributed by atoms with E-state index in [4.69, 9.17) is 0 Å². The highest BCUT2D eigenvalue weighted by atomic mass is 14.0. The molecular weight excluding hydrogens is 180 g/mol. The molecular formula is C15H20. The Morgan fingerprint density at radius 1 is 1.20 bits per heavy atom. The molecule has 0 unspecified atom stereocenters. The van der Waals surface area contributed by atoms with Crippen molar-refractivity contribution in [1.82, 2.24) is 0 Å². The van der Waals surface area contributed by atoms with E-state index >= 15 is 0 Å². The molecule has 0 heterocycles. The quantitative estimate of drug-likeness (QED) is 0.615. The van der Waals surface area contributed by atoms with E-state index in [0.29, 0.717) is 0 Å². The van der Waals surface area contributed by atoms with Crippen molar-refractivity contribution in [2.24, 2.45) is 0 Å². The molecule has 0 atom stereocenters. The summed E-state index contributed by atoms with van der Waals surface area (Å²) < 4.78 is 0. The highest BCUT2D eigenvalue weighted by Gasteiger charge is 1.94. The Balaban J connectivity index is 2.63. The zero-order valence-electron chi connectivity index (χ0n) is 10.0. The second kappa shape index (κ2) is 5.55. The van der Waals surface area contributed by atoms with Crippen LogP contribution in [-0.2, 0) is 0 Å². The van der Waals surface area contributed by atoms with Crippen LogP contribution in [0.5, 0.6) is 0 Å². The lowest BCUT2D eigenvalue weighted by molar-refractivity contribution is 0.984. The van der Waals surface area contributed by atoms with Crippen LogP contribution >= 0.6 is 0 Å². The van der Waals surface area contributed by atoms with Crippen LogP contribution in [0.1, 0.15) is 37.8 Å². The monoisotopic (exact) mass is 200 g/mol. The van der Waals surface area contributed by atoms with Gasteiger partial charge in [0.15, 0.2) is 0 Å². The van der Waals surface area contributed by atoms with Gasteiger partial charge < -0.3 is 0 Å². The van der Waals surface area contributed by atoms with Crippen LogP contribution in [0.3, 0.4) is 0 Å². The number of allylic oxidation sites excluding steroid dienone is 3. The Labute approximate surface area is 93.3 Å². The Hall–Kier alpha value is -1.30. The fourth-order valence-corrected chi connectivity index (χ4v) is 1.47. The normalized spacial score (nSPS) is 11.5. The SMILES string of the molecule is C=C(C)CC/C=C(/C)c1ccc(C)cc1. The lowest BCUT2D eigenvalue weighted by atomic mass is 10.0. The van der Waals surface area contributed by atoms with E-state index in [1.54, 1.807) is 0 Å². The third-order valence-corrected chi connectivity index (χ3v) is 2.53. The van der Waals surface area contributed by atoms with Gasteiger partial charge >= 0.3 is 0 Å². The van der Waals surface area contributed by atoms with Gasteiger partial charge in [-0.2, -0.15) is 0 Å². The average Bonchev–Trinajstić information content (AvgIpc) is 2.18. The highest BCUT2D eigenvalue weighted by Crippen LogP contribution is 2.16. The summed E-state index contributed by atoms with van der Waals surface area (Å²) in [5.41, 5.74) is 5.25. The van der Waals surface area contributed by atoms with E-state index < -0.39 is 0 Å². The van der Waals surface area contributed by atoms with Gasteiger partial charge in [0.25, 0.3) is 0 Å². The maximum absolute atomic E-state index is 3.91. The van der Waals surface area contributed by atoms with Gasteiger partial charge in [-0.25, -0.2) is 0 Å². The first kappa shape index (κ1) is 11.8. The third-order valence-electron chi connectivity index (χ3n) is 2.53. The van der Waals surface area contributed by atoms with E-state index in [2.05, 4.69) is 57.7 Å². The molecule has 0 aliphatic rings. The molecule has 0 aliphatic heterocycles. The molecule has 0 aliphatic carbocycles. The van der Waals surface area contributed by atoms with Crippen molar-refractivity contribution in [3.63, 3.8) is 0 Å². The highest BCUT2D eigenvalue weighted by molar-refractivity contribution is 5.63. The van der Waals surface area contributed by atoms with Crippen LogP contribution in [0.2, 0.25) is 0 Å². The summed E-state index contributed by atoms with van der Waals surface area (Å²) >= 11 is 0. The van der Waals surface area contributed by atoms with Gasteiger partial charge in [0, 0.05) is 0 Å². The van der Waals surface area contributed by atoms with E-state index in [0.717, 1.165) is 12.8 Å². The van der Waals surface area contributed by atoms with Crippen molar-refractivity contribution in [3.05, 3.63) is 53.6 Å². The van der Waals surface area contributed by atoms with E-state index in [1.165, 1.54) is 22.3 Å². The third kappa shape index (κ3) is 4.16. The van der Waals surface area contributed by atoms with Gasteiger partial charge in [-0.3, -0.25) is 0 Å². The fourth-order valence-electron chi connectivity index (χ4n) is 1.47. The number of aryl methyl sites for hydroxylation is 1. The first-order valence-corrected chi connectivity index (χ1v) is 5.48. The molecule has 0 aromatic heterocycles. The van der Waals surface area contributed by atoms with Crippen LogP contribution < -0.4 is 0 Å². The molecule has 0 nitrogen and oxygen atoms in total. The van der Waals surface area contributed by atoms with E-state index in [-0.39, 0.29) is 0 Å². The first-order valence-electron chi connectivity index (χ1n) is 5.48. The topological polar surface area (TPSA) is 0 Å². The Bertz CT molecular complexity index is 352. The average molecular weight is 200 g/mol. The van der Waals surface area contributed by atoms with Crippen molar-refractivity contribution in [2.45, 2.75) is 33.6 Å². The molecule has 0 N–H and O–H groups in total. The Kier molecular flexibility index (Phi) is 4.36. The second-order valence-corrected chi connectivity index (χ2v) is 4.25.